The summed E-state index contributed by atoms with van der Waals surface area (Å²) >= 11 is 0. The molecule has 1 unspecified atom stereocenters. The van der Waals surface area contributed by atoms with E-state index in [4.69, 9.17) is 25.4 Å². The molecule has 2 rings (SSSR count). The molecule has 4 N–H and O–H groups in total. The van der Waals surface area contributed by atoms with Crippen molar-refractivity contribution in [2.24, 2.45) is 5.73 Å². The second-order valence-electron chi connectivity index (χ2n) is 7.01. The third-order valence-electron chi connectivity index (χ3n) is 4.46. The minimum Gasteiger partial charge on any atom is -0.516 e. The van der Waals surface area contributed by atoms with Gasteiger partial charge in [-0.25, -0.2) is 0 Å². The van der Waals surface area contributed by atoms with Gasteiger partial charge in [0.1, 0.15) is 11.5 Å². The Hall–Kier alpha value is -3.20. The molecule has 0 spiro atoms. The van der Waals surface area contributed by atoms with E-state index >= 15 is 0 Å². The lowest BCUT2D eigenvalue weighted by atomic mass is 9.96. The topological polar surface area (TPSA) is 102 Å². The third-order valence-corrected chi connectivity index (χ3v) is 4.46. The molecule has 0 aliphatic rings. The molecule has 0 amide bonds. The number of carbonyl (C=O) groups is 1. The van der Waals surface area contributed by atoms with Crippen LogP contribution in [0.2, 0.25) is 0 Å². The van der Waals surface area contributed by atoms with Crippen molar-refractivity contribution in [3.63, 3.8) is 0 Å². The Balaban J connectivity index is 0.00000174. The molecule has 0 aliphatic carbocycles. The molecule has 9 heteroatoms. The number of allylic oxidation sites excluding steroid dienone is 1. The predicted octanol–water partition coefficient (Wildman–Crippen LogP) is 6.56. The summed E-state index contributed by atoms with van der Waals surface area (Å²) in [6.45, 7) is 6.84. The number of ether oxygens (including phenoxy) is 2. The van der Waals surface area contributed by atoms with Crippen LogP contribution in [-0.4, -0.2) is 35.9 Å². The van der Waals surface area contributed by atoms with Crippen molar-refractivity contribution >= 4 is 5.97 Å². The SMILES string of the molecule is C/C=C\O.CC.NCC(CC(=O)O)c1ccc(OCCCCOc2ccc(C(F)(F)F)cc2)cc1. The van der Waals surface area contributed by atoms with Crippen LogP contribution < -0.4 is 15.2 Å². The molecule has 2 aromatic carbocycles. The Bertz CT molecular complexity index is 834. The third kappa shape index (κ3) is 13.9. The van der Waals surface area contributed by atoms with Crippen molar-refractivity contribution in [2.45, 2.75) is 52.1 Å². The number of nitrogens with two attached hydrogens (primary N) is 1. The number of carboxylic acids is 1. The van der Waals surface area contributed by atoms with Crippen LogP contribution in [0, 0.1) is 0 Å². The van der Waals surface area contributed by atoms with Gasteiger partial charge in [-0.3, -0.25) is 4.79 Å². The van der Waals surface area contributed by atoms with Gasteiger partial charge in [-0.1, -0.05) is 32.1 Å². The zero-order valence-electron chi connectivity index (χ0n) is 20.4. The number of unbranched alkanes of at least 4 members (excludes halogenated alkanes) is 1. The number of aliphatic carboxylic acids is 1. The van der Waals surface area contributed by atoms with Crippen LogP contribution >= 0.6 is 0 Å². The van der Waals surface area contributed by atoms with E-state index in [0.29, 0.717) is 37.6 Å². The number of carboxylic acid groups (broad SMARTS) is 1. The van der Waals surface area contributed by atoms with Crippen LogP contribution in [0.25, 0.3) is 0 Å². The molecule has 1 atom stereocenters. The monoisotopic (exact) mass is 499 g/mol. The molecule has 0 radical (unpaired) electrons. The van der Waals surface area contributed by atoms with Gasteiger partial charge in [0, 0.05) is 5.92 Å². The summed E-state index contributed by atoms with van der Waals surface area (Å²) < 4.78 is 48.6. The molecular formula is C26H36F3NO5. The molecule has 0 saturated heterocycles. The second-order valence-corrected chi connectivity index (χ2v) is 7.01. The van der Waals surface area contributed by atoms with E-state index in [1.807, 2.05) is 26.0 Å². The quantitative estimate of drug-likeness (QED) is 0.239. The first-order valence-corrected chi connectivity index (χ1v) is 11.4. The van der Waals surface area contributed by atoms with Crippen LogP contribution in [-0.2, 0) is 11.0 Å². The fourth-order valence-electron chi connectivity index (χ4n) is 2.71. The van der Waals surface area contributed by atoms with Crippen LogP contribution in [0.4, 0.5) is 13.2 Å². The first kappa shape index (κ1) is 31.8. The normalized spacial score (nSPS) is 11.5. The second kappa shape index (κ2) is 18.2. The number of halogens is 3. The number of aliphatic hydroxyl groups is 1. The number of aliphatic hydroxyl groups excluding tert-OH is 1. The molecule has 0 saturated carbocycles. The van der Waals surface area contributed by atoms with E-state index in [1.165, 1.54) is 12.1 Å². The summed E-state index contributed by atoms with van der Waals surface area (Å²) in [6, 6.07) is 11.8. The fourth-order valence-corrected chi connectivity index (χ4v) is 2.71. The average molecular weight is 500 g/mol. The largest absolute Gasteiger partial charge is 0.516 e. The summed E-state index contributed by atoms with van der Waals surface area (Å²) in [4.78, 5) is 10.8. The van der Waals surface area contributed by atoms with E-state index in [9.17, 15) is 18.0 Å². The maximum atomic E-state index is 12.5. The highest BCUT2D eigenvalue weighted by Crippen LogP contribution is 2.30. The van der Waals surface area contributed by atoms with Crippen LogP contribution in [0.3, 0.4) is 0 Å². The zero-order valence-corrected chi connectivity index (χ0v) is 20.4. The lowest BCUT2D eigenvalue weighted by Gasteiger charge is -2.13. The highest BCUT2D eigenvalue weighted by atomic mass is 19.4. The van der Waals surface area contributed by atoms with Crippen molar-refractivity contribution < 1.29 is 37.7 Å². The first-order chi connectivity index (χ1) is 16.7. The first-order valence-electron chi connectivity index (χ1n) is 11.4. The van der Waals surface area contributed by atoms with Crippen molar-refractivity contribution in [1.82, 2.24) is 0 Å². The lowest BCUT2D eigenvalue weighted by molar-refractivity contribution is -0.138. The summed E-state index contributed by atoms with van der Waals surface area (Å²) in [5, 5.41) is 16.6. The van der Waals surface area contributed by atoms with Crippen molar-refractivity contribution in [3.05, 3.63) is 72.0 Å². The highest BCUT2D eigenvalue weighted by Gasteiger charge is 2.30. The molecular weight excluding hydrogens is 463 g/mol. The summed E-state index contributed by atoms with van der Waals surface area (Å²) in [7, 11) is 0. The fraction of sp³-hybridized carbons (Fsp3) is 0.423. The predicted molar refractivity (Wildman–Crippen MR) is 131 cm³/mol. The van der Waals surface area contributed by atoms with Gasteiger partial charge in [0.25, 0.3) is 0 Å². The van der Waals surface area contributed by atoms with Gasteiger partial charge >= 0.3 is 12.1 Å². The van der Waals surface area contributed by atoms with Crippen molar-refractivity contribution in [1.29, 1.82) is 0 Å². The average Bonchev–Trinajstić information content (AvgIpc) is 2.86. The molecule has 0 bridgehead atoms. The maximum Gasteiger partial charge on any atom is 0.416 e. The smallest absolute Gasteiger partial charge is 0.416 e. The molecule has 0 aliphatic heterocycles. The van der Waals surface area contributed by atoms with Crippen molar-refractivity contribution in [3.8, 4) is 11.5 Å². The molecule has 6 nitrogen and oxygen atoms in total. The molecule has 2 aromatic rings. The Labute approximate surface area is 205 Å². The van der Waals surface area contributed by atoms with E-state index in [-0.39, 0.29) is 18.9 Å². The van der Waals surface area contributed by atoms with E-state index in [2.05, 4.69) is 0 Å². The van der Waals surface area contributed by atoms with Crippen LogP contribution in [0.1, 0.15) is 57.1 Å². The van der Waals surface area contributed by atoms with E-state index in [0.717, 1.165) is 24.0 Å². The number of rotatable bonds is 11. The molecule has 196 valence electrons. The number of hydrogen-bond acceptors (Lipinski definition) is 5. The standard InChI is InChI=1S/C21H24F3NO4.C3H6O.C2H6/c22-21(23,24)17-5-9-19(10-6-17)29-12-2-1-11-28-18-7-3-15(4-8-18)16(14-25)13-20(26)27;1-2-3-4;1-2/h3-10,16H,1-2,11-14,25H2,(H,26,27);2-4H,1H3;1-2H3/b;3-2-;. The van der Waals surface area contributed by atoms with Gasteiger partial charge in [0.05, 0.1) is 31.5 Å². The Morgan fingerprint density at radius 3 is 1.74 bits per heavy atom. The van der Waals surface area contributed by atoms with Gasteiger partial charge in [0.15, 0.2) is 0 Å². The Morgan fingerprint density at radius 2 is 1.40 bits per heavy atom. The van der Waals surface area contributed by atoms with Gasteiger partial charge in [-0.05, 0) is 68.3 Å². The van der Waals surface area contributed by atoms with Crippen LogP contribution in [0.15, 0.2) is 60.9 Å². The summed E-state index contributed by atoms with van der Waals surface area (Å²) in [6.07, 6.45) is -0.412. The van der Waals surface area contributed by atoms with E-state index < -0.39 is 17.7 Å². The maximum absolute atomic E-state index is 12.5. The summed E-state index contributed by atoms with van der Waals surface area (Å²) in [5.74, 6) is -0.0583. The number of alkyl halides is 3. The minimum atomic E-state index is -4.35. The molecule has 0 heterocycles. The molecule has 0 fully saturated rings. The summed E-state index contributed by atoms with van der Waals surface area (Å²) in [5.41, 5.74) is 5.78. The highest BCUT2D eigenvalue weighted by molar-refractivity contribution is 5.68. The zero-order chi connectivity index (χ0) is 26.7. The number of hydrogen-bond donors (Lipinski definition) is 3. The van der Waals surface area contributed by atoms with Crippen LogP contribution in [0.5, 0.6) is 11.5 Å². The number of benzene rings is 2. The lowest BCUT2D eigenvalue weighted by Crippen LogP contribution is -2.16. The van der Waals surface area contributed by atoms with Gasteiger partial charge in [-0.2, -0.15) is 13.2 Å². The molecule has 35 heavy (non-hydrogen) atoms. The van der Waals surface area contributed by atoms with Gasteiger partial charge < -0.3 is 25.4 Å². The molecule has 0 aromatic heterocycles. The van der Waals surface area contributed by atoms with E-state index in [1.54, 1.807) is 25.1 Å². The van der Waals surface area contributed by atoms with Crippen molar-refractivity contribution in [2.75, 3.05) is 19.8 Å². The Kier molecular flexibility index (Phi) is 16.5. The Morgan fingerprint density at radius 1 is 0.971 bits per heavy atom. The van der Waals surface area contributed by atoms with Gasteiger partial charge in [-0.15, -0.1) is 0 Å². The van der Waals surface area contributed by atoms with Gasteiger partial charge in [0.2, 0.25) is 0 Å². The minimum absolute atomic E-state index is 0.0182.